The molecule has 1 saturated heterocycles. The molecular formula is C21H30N2O4. The first-order valence-electron chi connectivity index (χ1n) is 9.68. The first-order valence-corrected chi connectivity index (χ1v) is 9.68. The average Bonchev–Trinajstić information content (AvgIpc) is 2.99. The molecule has 0 saturated carbocycles. The lowest BCUT2D eigenvalue weighted by molar-refractivity contribution is -0.134. The number of methoxy groups -OCH3 is 1. The van der Waals surface area contributed by atoms with E-state index in [0.29, 0.717) is 23.8 Å². The van der Waals surface area contributed by atoms with Crippen LogP contribution in [0.1, 0.15) is 46.1 Å². The fraction of sp³-hybridized carbons (Fsp3) is 0.619. The SMILES string of the molecule is COc1cccc2c1CC(C(=O)N1CCC[C@H](C)C1)N2C(=O)OC(C)(C)C. The third-order valence-electron chi connectivity index (χ3n) is 5.14. The zero-order valence-electron chi connectivity index (χ0n) is 16.9. The number of anilines is 1. The summed E-state index contributed by atoms with van der Waals surface area (Å²) in [7, 11) is 1.61. The van der Waals surface area contributed by atoms with Crippen LogP contribution in [0.2, 0.25) is 0 Å². The number of carbonyl (C=O) groups excluding carboxylic acids is 2. The van der Waals surface area contributed by atoms with E-state index in [2.05, 4.69) is 6.92 Å². The minimum absolute atomic E-state index is 0.00865. The number of hydrogen-bond donors (Lipinski definition) is 0. The minimum Gasteiger partial charge on any atom is -0.496 e. The van der Waals surface area contributed by atoms with Crippen molar-refractivity contribution < 1.29 is 19.1 Å². The fourth-order valence-corrected chi connectivity index (χ4v) is 3.96. The van der Waals surface area contributed by atoms with E-state index in [4.69, 9.17) is 9.47 Å². The molecule has 2 aliphatic rings. The van der Waals surface area contributed by atoms with Gasteiger partial charge in [0.15, 0.2) is 0 Å². The van der Waals surface area contributed by atoms with Crippen molar-refractivity contribution in [3.8, 4) is 5.75 Å². The molecule has 0 radical (unpaired) electrons. The Hall–Kier alpha value is -2.24. The summed E-state index contributed by atoms with van der Waals surface area (Å²) in [6.07, 6.45) is 2.10. The summed E-state index contributed by atoms with van der Waals surface area (Å²) in [4.78, 5) is 29.7. The van der Waals surface area contributed by atoms with E-state index in [1.165, 1.54) is 4.90 Å². The average molecular weight is 374 g/mol. The molecule has 0 spiro atoms. The van der Waals surface area contributed by atoms with Gasteiger partial charge in [-0.2, -0.15) is 0 Å². The topological polar surface area (TPSA) is 59.1 Å². The van der Waals surface area contributed by atoms with Crippen molar-refractivity contribution in [3.63, 3.8) is 0 Å². The summed E-state index contributed by atoms with van der Waals surface area (Å²) in [5.74, 6) is 1.17. The van der Waals surface area contributed by atoms with E-state index in [9.17, 15) is 9.59 Å². The lowest BCUT2D eigenvalue weighted by Gasteiger charge is -2.35. The summed E-state index contributed by atoms with van der Waals surface area (Å²) >= 11 is 0. The number of carbonyl (C=O) groups is 2. The van der Waals surface area contributed by atoms with E-state index in [1.54, 1.807) is 7.11 Å². The van der Waals surface area contributed by atoms with Gasteiger partial charge in [0.25, 0.3) is 0 Å². The highest BCUT2D eigenvalue weighted by Crippen LogP contribution is 2.40. The van der Waals surface area contributed by atoms with Crippen molar-refractivity contribution in [2.45, 2.75) is 58.6 Å². The van der Waals surface area contributed by atoms with Crippen LogP contribution < -0.4 is 9.64 Å². The lowest BCUT2D eigenvalue weighted by atomic mass is 9.99. The molecule has 0 N–H and O–H groups in total. The molecule has 6 nitrogen and oxygen atoms in total. The predicted octanol–water partition coefficient (Wildman–Crippen LogP) is 3.62. The smallest absolute Gasteiger partial charge is 0.415 e. The highest BCUT2D eigenvalue weighted by atomic mass is 16.6. The van der Waals surface area contributed by atoms with Crippen molar-refractivity contribution in [1.29, 1.82) is 0 Å². The van der Waals surface area contributed by atoms with Gasteiger partial charge in [-0.15, -0.1) is 0 Å². The van der Waals surface area contributed by atoms with Crippen molar-refractivity contribution in [2.24, 2.45) is 5.92 Å². The van der Waals surface area contributed by atoms with Gasteiger partial charge >= 0.3 is 6.09 Å². The number of likely N-dealkylation sites (tertiary alicyclic amines) is 1. The Morgan fingerprint density at radius 1 is 1.22 bits per heavy atom. The van der Waals surface area contributed by atoms with E-state index in [0.717, 1.165) is 31.5 Å². The normalized spacial score (nSPS) is 22.4. The number of ether oxygens (including phenoxy) is 2. The Morgan fingerprint density at radius 2 is 1.96 bits per heavy atom. The number of hydrogen-bond acceptors (Lipinski definition) is 4. The molecule has 0 bridgehead atoms. The molecule has 2 heterocycles. The third-order valence-corrected chi connectivity index (χ3v) is 5.14. The molecule has 2 amide bonds. The van der Waals surface area contributed by atoms with Gasteiger partial charge in [-0.1, -0.05) is 13.0 Å². The molecule has 0 aromatic heterocycles. The number of benzene rings is 1. The van der Waals surface area contributed by atoms with Crippen LogP contribution in [-0.4, -0.2) is 48.7 Å². The molecule has 1 unspecified atom stereocenters. The molecule has 2 aliphatic heterocycles. The maximum atomic E-state index is 13.3. The maximum absolute atomic E-state index is 13.3. The van der Waals surface area contributed by atoms with Crippen LogP contribution in [0.3, 0.4) is 0 Å². The molecular weight excluding hydrogens is 344 g/mol. The summed E-state index contributed by atoms with van der Waals surface area (Å²) < 4.78 is 11.1. The first kappa shape index (κ1) is 19.5. The van der Waals surface area contributed by atoms with Crippen molar-refractivity contribution in [2.75, 3.05) is 25.1 Å². The molecule has 0 aliphatic carbocycles. The van der Waals surface area contributed by atoms with Gasteiger partial charge in [0.2, 0.25) is 5.91 Å². The fourth-order valence-electron chi connectivity index (χ4n) is 3.96. The van der Waals surface area contributed by atoms with Crippen LogP contribution in [0.15, 0.2) is 18.2 Å². The molecule has 27 heavy (non-hydrogen) atoms. The maximum Gasteiger partial charge on any atom is 0.415 e. The van der Waals surface area contributed by atoms with E-state index < -0.39 is 17.7 Å². The van der Waals surface area contributed by atoms with Crippen LogP contribution in [0, 0.1) is 5.92 Å². The zero-order valence-corrected chi connectivity index (χ0v) is 16.9. The van der Waals surface area contributed by atoms with Gasteiger partial charge < -0.3 is 14.4 Å². The highest BCUT2D eigenvalue weighted by molar-refractivity contribution is 6.01. The lowest BCUT2D eigenvalue weighted by Crippen LogP contribution is -2.52. The van der Waals surface area contributed by atoms with Crippen LogP contribution >= 0.6 is 0 Å². The van der Waals surface area contributed by atoms with Gasteiger partial charge in [0.05, 0.1) is 12.8 Å². The standard InChI is InChI=1S/C21H30N2O4/c1-14-8-7-11-22(13-14)19(24)17-12-15-16(9-6-10-18(15)26-5)23(17)20(25)27-21(2,3)4/h6,9-10,14,17H,7-8,11-13H2,1-5H3/t14-,17?/m0/s1. The Kier molecular flexibility index (Phi) is 5.36. The molecule has 2 atom stereocenters. The number of fused-ring (bicyclic) bond motifs is 1. The molecule has 1 fully saturated rings. The van der Waals surface area contributed by atoms with E-state index in [1.807, 2.05) is 43.9 Å². The highest BCUT2D eigenvalue weighted by Gasteiger charge is 2.43. The van der Waals surface area contributed by atoms with Crippen LogP contribution in [-0.2, 0) is 16.0 Å². The van der Waals surface area contributed by atoms with Crippen molar-refractivity contribution in [3.05, 3.63) is 23.8 Å². The molecule has 1 aromatic carbocycles. The molecule has 6 heteroatoms. The molecule has 3 rings (SSSR count). The van der Waals surface area contributed by atoms with Gasteiger partial charge in [0.1, 0.15) is 17.4 Å². The molecule has 148 valence electrons. The van der Waals surface area contributed by atoms with Gasteiger partial charge in [0, 0.05) is 25.1 Å². The molecule has 1 aromatic rings. The Morgan fingerprint density at radius 3 is 2.59 bits per heavy atom. The minimum atomic E-state index is -0.633. The van der Waals surface area contributed by atoms with Crippen molar-refractivity contribution >= 4 is 17.7 Å². The quantitative estimate of drug-likeness (QED) is 0.793. The van der Waals surface area contributed by atoms with Crippen LogP contribution in [0.5, 0.6) is 5.75 Å². The predicted molar refractivity (Wildman–Crippen MR) is 104 cm³/mol. The van der Waals surface area contributed by atoms with Gasteiger partial charge in [-0.05, 0) is 51.7 Å². The Labute approximate surface area is 161 Å². The van der Waals surface area contributed by atoms with E-state index in [-0.39, 0.29) is 5.91 Å². The summed E-state index contributed by atoms with van der Waals surface area (Å²) in [6, 6.07) is 4.97. The number of nitrogens with zero attached hydrogens (tertiary/aromatic N) is 2. The Balaban J connectivity index is 1.94. The van der Waals surface area contributed by atoms with Crippen LogP contribution in [0.25, 0.3) is 0 Å². The van der Waals surface area contributed by atoms with Gasteiger partial charge in [-0.25, -0.2) is 4.79 Å². The number of rotatable bonds is 2. The summed E-state index contributed by atoms with van der Waals surface area (Å²) in [5, 5.41) is 0. The van der Waals surface area contributed by atoms with Gasteiger partial charge in [-0.3, -0.25) is 9.69 Å². The second-order valence-corrected chi connectivity index (χ2v) is 8.56. The monoisotopic (exact) mass is 374 g/mol. The van der Waals surface area contributed by atoms with E-state index >= 15 is 0 Å². The second-order valence-electron chi connectivity index (χ2n) is 8.56. The summed E-state index contributed by atoms with van der Waals surface area (Å²) in [6.45, 7) is 9.14. The number of piperidine rings is 1. The van der Waals surface area contributed by atoms with Crippen LogP contribution in [0.4, 0.5) is 10.5 Å². The number of amides is 2. The largest absolute Gasteiger partial charge is 0.496 e. The Bertz CT molecular complexity index is 725. The first-order chi connectivity index (χ1) is 12.7. The second kappa shape index (κ2) is 7.41. The van der Waals surface area contributed by atoms with Crippen molar-refractivity contribution in [1.82, 2.24) is 4.90 Å². The zero-order chi connectivity index (χ0) is 19.8. The third kappa shape index (κ3) is 4.04. The summed E-state index contributed by atoms with van der Waals surface area (Å²) in [5.41, 5.74) is 0.952.